The highest BCUT2D eigenvalue weighted by Crippen LogP contribution is 2.20. The number of benzene rings is 2. The van der Waals surface area contributed by atoms with Crippen molar-refractivity contribution in [1.82, 2.24) is 0 Å². The molecule has 0 aromatic heterocycles. The molecule has 0 amide bonds. The second kappa shape index (κ2) is 11.5. The molecule has 0 aliphatic rings. The lowest BCUT2D eigenvalue weighted by Crippen LogP contribution is -2.25. The van der Waals surface area contributed by atoms with Gasteiger partial charge in [-0.2, -0.15) is 0 Å². The lowest BCUT2D eigenvalue weighted by atomic mass is 10.1. The highest BCUT2D eigenvalue weighted by atomic mass is 16.5. The van der Waals surface area contributed by atoms with Gasteiger partial charge in [-0.15, -0.1) is 0 Å². The molecular weight excluding hydrogens is 332 g/mol. The Balaban J connectivity index is 1.84. The van der Waals surface area contributed by atoms with E-state index in [0.29, 0.717) is 13.2 Å². The number of methoxy groups -OCH3 is 2. The van der Waals surface area contributed by atoms with E-state index >= 15 is 0 Å². The fourth-order valence-corrected chi connectivity index (χ4v) is 2.55. The van der Waals surface area contributed by atoms with Gasteiger partial charge in [0.25, 0.3) is 0 Å². The van der Waals surface area contributed by atoms with Crippen LogP contribution in [0.25, 0.3) is 0 Å². The molecule has 0 atom stereocenters. The van der Waals surface area contributed by atoms with Gasteiger partial charge in [-0.25, -0.2) is 0 Å². The summed E-state index contributed by atoms with van der Waals surface area (Å²) in [5.41, 5.74) is 2.12. The van der Waals surface area contributed by atoms with E-state index in [1.54, 1.807) is 14.2 Å². The molecule has 0 saturated carbocycles. The molecule has 0 aliphatic heterocycles. The molecule has 0 saturated heterocycles. The quantitative estimate of drug-likeness (QED) is 0.631. The Kier molecular flexibility index (Phi) is 8.96. The van der Waals surface area contributed by atoms with Gasteiger partial charge in [-0.1, -0.05) is 36.4 Å². The number of rotatable bonds is 12. The molecule has 0 spiro atoms. The minimum absolute atomic E-state index is 0.171. The Morgan fingerprint density at radius 2 is 1.15 bits per heavy atom. The molecule has 0 fully saturated rings. The average molecular weight is 360 g/mol. The van der Waals surface area contributed by atoms with Gasteiger partial charge in [0.15, 0.2) is 0 Å². The molecular formula is C21H28O5. The number of hydrogen-bond donors (Lipinski definition) is 1. The van der Waals surface area contributed by atoms with Crippen LogP contribution in [0.5, 0.6) is 11.5 Å². The fraction of sp³-hybridized carbons (Fsp3) is 0.429. The maximum atomic E-state index is 10.2. The normalized spacial score (nSPS) is 10.9. The second-order valence-electron chi connectivity index (χ2n) is 5.98. The van der Waals surface area contributed by atoms with Gasteiger partial charge in [-0.05, 0) is 36.1 Å². The average Bonchev–Trinajstić information content (AvgIpc) is 2.68. The van der Waals surface area contributed by atoms with Gasteiger partial charge in [0.1, 0.15) is 30.8 Å². The first-order valence-corrected chi connectivity index (χ1v) is 8.82. The molecule has 2 rings (SSSR count). The van der Waals surface area contributed by atoms with E-state index in [1.165, 1.54) is 0 Å². The van der Waals surface area contributed by atoms with Crippen LogP contribution >= 0.6 is 0 Å². The predicted molar refractivity (Wildman–Crippen MR) is 101 cm³/mol. The summed E-state index contributed by atoms with van der Waals surface area (Å²) in [6, 6.07) is 15.6. The van der Waals surface area contributed by atoms with Crippen molar-refractivity contribution in [2.45, 2.75) is 18.9 Å². The number of para-hydroxylation sites is 2. The Bertz CT molecular complexity index is 588. The molecule has 0 heterocycles. The largest absolute Gasteiger partial charge is 0.490 e. The number of ether oxygens (including phenoxy) is 4. The van der Waals surface area contributed by atoms with E-state index in [4.69, 9.17) is 18.9 Å². The third-order valence-electron chi connectivity index (χ3n) is 3.96. The van der Waals surface area contributed by atoms with Gasteiger partial charge in [0.2, 0.25) is 0 Å². The molecule has 142 valence electrons. The lowest BCUT2D eigenvalue weighted by Gasteiger charge is -2.17. The standard InChI is InChI=1S/C21H28O5/c1-23-13-11-17-7-3-5-9-20(17)25-15-19(22)16-26-21-10-6-4-8-18(21)12-14-24-2/h3-10,19,22H,11-16H2,1-2H3. The van der Waals surface area contributed by atoms with E-state index in [9.17, 15) is 5.11 Å². The Hall–Kier alpha value is -2.08. The van der Waals surface area contributed by atoms with Crippen LogP contribution in [-0.4, -0.2) is 51.9 Å². The number of aliphatic hydroxyl groups excluding tert-OH is 1. The van der Waals surface area contributed by atoms with Gasteiger partial charge in [0, 0.05) is 14.2 Å². The topological polar surface area (TPSA) is 57.2 Å². The van der Waals surface area contributed by atoms with Gasteiger partial charge < -0.3 is 24.1 Å². The van der Waals surface area contributed by atoms with Crippen molar-refractivity contribution in [2.75, 3.05) is 40.6 Å². The molecule has 0 aliphatic carbocycles. The van der Waals surface area contributed by atoms with Gasteiger partial charge in [-0.3, -0.25) is 0 Å². The van der Waals surface area contributed by atoms with E-state index in [-0.39, 0.29) is 13.2 Å². The minimum Gasteiger partial charge on any atom is -0.490 e. The first-order chi connectivity index (χ1) is 12.7. The second-order valence-corrected chi connectivity index (χ2v) is 5.98. The molecule has 0 unspecified atom stereocenters. The molecule has 5 nitrogen and oxygen atoms in total. The summed E-state index contributed by atoms with van der Waals surface area (Å²) in [6.07, 6.45) is 0.819. The first kappa shape index (κ1) is 20.2. The zero-order valence-corrected chi connectivity index (χ0v) is 15.5. The van der Waals surface area contributed by atoms with Crippen molar-refractivity contribution in [3.05, 3.63) is 59.7 Å². The molecule has 5 heteroatoms. The summed E-state index contributed by atoms with van der Waals surface area (Å²) >= 11 is 0. The van der Waals surface area contributed by atoms with Crippen molar-refractivity contribution >= 4 is 0 Å². The van der Waals surface area contributed by atoms with Crippen molar-refractivity contribution in [1.29, 1.82) is 0 Å². The first-order valence-electron chi connectivity index (χ1n) is 8.82. The van der Waals surface area contributed by atoms with E-state index < -0.39 is 6.10 Å². The molecule has 1 N–H and O–H groups in total. The third kappa shape index (κ3) is 6.67. The van der Waals surface area contributed by atoms with E-state index in [0.717, 1.165) is 35.5 Å². The minimum atomic E-state index is -0.721. The van der Waals surface area contributed by atoms with Gasteiger partial charge >= 0.3 is 0 Å². The van der Waals surface area contributed by atoms with Crippen LogP contribution < -0.4 is 9.47 Å². The van der Waals surface area contributed by atoms with Crippen LogP contribution in [0.4, 0.5) is 0 Å². The maximum absolute atomic E-state index is 10.2. The summed E-state index contributed by atoms with van der Waals surface area (Å²) in [4.78, 5) is 0. The van der Waals surface area contributed by atoms with Crippen LogP contribution in [-0.2, 0) is 22.3 Å². The molecule has 0 bridgehead atoms. The highest BCUT2D eigenvalue weighted by molar-refractivity contribution is 5.34. The Labute approximate surface area is 155 Å². The molecule has 26 heavy (non-hydrogen) atoms. The van der Waals surface area contributed by atoms with Crippen LogP contribution in [0.15, 0.2) is 48.5 Å². The van der Waals surface area contributed by atoms with Crippen LogP contribution in [0, 0.1) is 0 Å². The number of aliphatic hydroxyl groups is 1. The van der Waals surface area contributed by atoms with Crippen molar-refractivity contribution in [3.8, 4) is 11.5 Å². The zero-order valence-electron chi connectivity index (χ0n) is 15.5. The van der Waals surface area contributed by atoms with Crippen molar-refractivity contribution in [2.24, 2.45) is 0 Å². The SMILES string of the molecule is COCCc1ccccc1OCC(O)COc1ccccc1CCOC. The summed E-state index contributed by atoms with van der Waals surface area (Å²) in [6.45, 7) is 1.60. The van der Waals surface area contributed by atoms with Crippen LogP contribution in [0.2, 0.25) is 0 Å². The third-order valence-corrected chi connectivity index (χ3v) is 3.96. The highest BCUT2D eigenvalue weighted by Gasteiger charge is 2.10. The van der Waals surface area contributed by atoms with Gasteiger partial charge in [0.05, 0.1) is 13.2 Å². The summed E-state index contributed by atoms with van der Waals surface area (Å²) in [7, 11) is 3.35. The molecule has 0 radical (unpaired) electrons. The van der Waals surface area contributed by atoms with Crippen molar-refractivity contribution < 1.29 is 24.1 Å². The maximum Gasteiger partial charge on any atom is 0.122 e. The van der Waals surface area contributed by atoms with E-state index in [1.807, 2.05) is 48.5 Å². The van der Waals surface area contributed by atoms with E-state index in [2.05, 4.69) is 0 Å². The summed E-state index contributed by atoms with van der Waals surface area (Å²) < 4.78 is 21.8. The molecule has 2 aromatic carbocycles. The van der Waals surface area contributed by atoms with Crippen LogP contribution in [0.3, 0.4) is 0 Å². The molecule has 2 aromatic rings. The zero-order chi connectivity index (χ0) is 18.6. The summed E-state index contributed by atoms with van der Waals surface area (Å²) in [5, 5.41) is 10.2. The Morgan fingerprint density at radius 3 is 1.58 bits per heavy atom. The number of hydrogen-bond acceptors (Lipinski definition) is 5. The Morgan fingerprint density at radius 1 is 0.731 bits per heavy atom. The van der Waals surface area contributed by atoms with Crippen LogP contribution in [0.1, 0.15) is 11.1 Å². The lowest BCUT2D eigenvalue weighted by molar-refractivity contribution is 0.0617. The smallest absolute Gasteiger partial charge is 0.122 e. The van der Waals surface area contributed by atoms with Crippen molar-refractivity contribution in [3.63, 3.8) is 0 Å². The monoisotopic (exact) mass is 360 g/mol. The summed E-state index contributed by atoms with van der Waals surface area (Å²) in [5.74, 6) is 1.54. The fourth-order valence-electron chi connectivity index (χ4n) is 2.55. The predicted octanol–water partition coefficient (Wildman–Crippen LogP) is 2.88.